The van der Waals surface area contributed by atoms with Gasteiger partial charge in [0.25, 0.3) is 18.2 Å². The van der Waals surface area contributed by atoms with E-state index in [9.17, 15) is 18.4 Å². The number of aryl methyl sites for hydroxylation is 1. The summed E-state index contributed by atoms with van der Waals surface area (Å²) in [4.78, 5) is 28.9. The van der Waals surface area contributed by atoms with Crippen LogP contribution in [0.1, 0.15) is 50.7 Å². The molecule has 2 amide bonds. The zero-order valence-corrected chi connectivity index (χ0v) is 19.1. The number of rotatable bonds is 8. The summed E-state index contributed by atoms with van der Waals surface area (Å²) in [7, 11) is 0. The molecule has 12 heteroatoms. The fraction of sp³-hybridized carbons (Fsp3) is 0.455. The van der Waals surface area contributed by atoms with Crippen LogP contribution in [0.4, 0.5) is 8.78 Å². The second-order valence-electron chi connectivity index (χ2n) is 8.91. The van der Waals surface area contributed by atoms with Crippen LogP contribution in [0.15, 0.2) is 24.5 Å². The smallest absolute Gasteiger partial charge is 0.272 e. The minimum Gasteiger partial charge on any atom is -0.486 e. The van der Waals surface area contributed by atoms with E-state index < -0.39 is 18.9 Å². The Bertz CT molecular complexity index is 1250. The van der Waals surface area contributed by atoms with Gasteiger partial charge in [-0.15, -0.1) is 11.3 Å². The quantitative estimate of drug-likeness (QED) is 0.500. The van der Waals surface area contributed by atoms with Gasteiger partial charge in [0.05, 0.1) is 28.5 Å². The van der Waals surface area contributed by atoms with Crippen molar-refractivity contribution in [3.8, 4) is 11.6 Å². The molecule has 3 aromatic heterocycles. The fourth-order valence-electron chi connectivity index (χ4n) is 4.86. The highest BCUT2D eigenvalue weighted by molar-refractivity contribution is 7.13. The van der Waals surface area contributed by atoms with Gasteiger partial charge in [-0.2, -0.15) is 5.10 Å². The molecule has 2 aliphatic rings. The number of hydrogen-bond donors (Lipinski definition) is 2. The van der Waals surface area contributed by atoms with Crippen LogP contribution in [-0.2, 0) is 0 Å². The number of primary amides is 1. The minimum atomic E-state index is -2.57. The van der Waals surface area contributed by atoms with E-state index in [0.29, 0.717) is 21.8 Å². The molecule has 0 unspecified atom stereocenters. The predicted molar refractivity (Wildman–Crippen MR) is 119 cm³/mol. The van der Waals surface area contributed by atoms with Crippen molar-refractivity contribution >= 4 is 28.7 Å². The first kappa shape index (κ1) is 22.5. The lowest BCUT2D eigenvalue weighted by atomic mass is 9.53. The normalized spacial score (nSPS) is 23.5. The Morgan fingerprint density at radius 1 is 1.32 bits per heavy atom. The lowest BCUT2D eigenvalue weighted by molar-refractivity contribution is -0.0846. The molecule has 0 atom stereocenters. The third kappa shape index (κ3) is 4.29. The van der Waals surface area contributed by atoms with Crippen LogP contribution in [0.2, 0.25) is 0 Å². The van der Waals surface area contributed by atoms with E-state index in [1.807, 2.05) is 0 Å². The van der Waals surface area contributed by atoms with Gasteiger partial charge in [0.2, 0.25) is 5.88 Å². The van der Waals surface area contributed by atoms with E-state index in [4.69, 9.17) is 15.2 Å². The lowest BCUT2D eigenvalue weighted by Gasteiger charge is -2.57. The van der Waals surface area contributed by atoms with Gasteiger partial charge < -0.3 is 20.5 Å². The highest BCUT2D eigenvalue weighted by Crippen LogP contribution is 2.57. The summed E-state index contributed by atoms with van der Waals surface area (Å²) in [6, 6.07) is 3.22. The van der Waals surface area contributed by atoms with Crippen molar-refractivity contribution in [1.82, 2.24) is 19.9 Å². The third-order valence-corrected chi connectivity index (χ3v) is 7.30. The topological polar surface area (TPSA) is 121 Å². The maximum Gasteiger partial charge on any atom is 0.272 e. The number of carbonyl (C=O) groups is 2. The van der Waals surface area contributed by atoms with E-state index in [0.717, 1.165) is 30.7 Å². The molecule has 0 aliphatic heterocycles. The largest absolute Gasteiger partial charge is 0.486 e. The summed E-state index contributed by atoms with van der Waals surface area (Å²) in [6.07, 6.45) is 3.71. The monoisotopic (exact) mass is 491 g/mol. The number of nitrogens with zero attached hydrogens (tertiary/aromatic N) is 3. The summed E-state index contributed by atoms with van der Waals surface area (Å²) in [5, 5.41) is 7.92. The Balaban J connectivity index is 1.13. The van der Waals surface area contributed by atoms with Crippen molar-refractivity contribution in [2.45, 2.75) is 51.2 Å². The van der Waals surface area contributed by atoms with Crippen LogP contribution >= 0.6 is 11.3 Å². The van der Waals surface area contributed by atoms with E-state index in [1.54, 1.807) is 13.0 Å². The second-order valence-corrected chi connectivity index (χ2v) is 10.1. The van der Waals surface area contributed by atoms with Gasteiger partial charge in [0.1, 0.15) is 18.5 Å². The van der Waals surface area contributed by atoms with Crippen LogP contribution in [0.25, 0.3) is 5.52 Å². The zero-order valence-electron chi connectivity index (χ0n) is 18.3. The number of carbonyl (C=O) groups excluding carboxylic acids is 2. The SMILES string of the molecule is Cc1nc(O[C@H]2CC3(C[C@H](NC(=O)c4cnn5cc(OCC(F)F)ccc45)C3)C2)c(C(N)=O)s1. The van der Waals surface area contributed by atoms with Crippen LogP contribution in [0.3, 0.4) is 0 Å². The number of nitrogens with two attached hydrogens (primary N) is 1. The molecule has 2 aliphatic carbocycles. The number of ether oxygens (including phenoxy) is 2. The van der Waals surface area contributed by atoms with Crippen molar-refractivity contribution in [1.29, 1.82) is 0 Å². The van der Waals surface area contributed by atoms with Gasteiger partial charge in [-0.05, 0) is 50.2 Å². The van der Waals surface area contributed by atoms with Gasteiger partial charge in [0, 0.05) is 6.04 Å². The molecule has 9 nitrogen and oxygen atoms in total. The molecular formula is C22H23F2N5O4S. The number of nitrogens with one attached hydrogen (secondary N) is 1. The van der Waals surface area contributed by atoms with Crippen molar-refractivity contribution in [3.63, 3.8) is 0 Å². The number of aromatic nitrogens is 3. The Morgan fingerprint density at radius 2 is 2.09 bits per heavy atom. The highest BCUT2D eigenvalue weighted by Gasteiger charge is 2.54. The Labute approximate surface area is 197 Å². The molecule has 2 saturated carbocycles. The molecule has 3 heterocycles. The van der Waals surface area contributed by atoms with Gasteiger partial charge in [0.15, 0.2) is 4.88 Å². The fourth-order valence-corrected chi connectivity index (χ4v) is 5.57. The van der Waals surface area contributed by atoms with Gasteiger partial charge in [-0.25, -0.2) is 18.3 Å². The Hall–Kier alpha value is -3.28. The molecule has 0 aromatic carbocycles. The molecule has 1 spiro atoms. The molecule has 34 heavy (non-hydrogen) atoms. The molecule has 3 aromatic rings. The first-order valence-electron chi connectivity index (χ1n) is 10.8. The van der Waals surface area contributed by atoms with Crippen molar-refractivity contribution < 1.29 is 27.8 Å². The first-order valence-corrected chi connectivity index (χ1v) is 11.7. The van der Waals surface area contributed by atoms with Crippen LogP contribution in [-0.4, -0.2) is 51.6 Å². The van der Waals surface area contributed by atoms with E-state index in [2.05, 4.69) is 15.4 Å². The highest BCUT2D eigenvalue weighted by atomic mass is 32.1. The lowest BCUT2D eigenvalue weighted by Crippen LogP contribution is -2.58. The standard InChI is InChI=1S/C22H23F2N5O4S/c1-11-27-21(18(34-11)19(25)30)33-14-6-22(7-14)4-12(5-22)28-20(31)15-8-26-29-9-13(2-3-16(15)29)32-10-17(23)24/h2-3,8-9,12,14,17H,4-7,10H2,1H3,(H2,25,30)(H,28,31)/t12-,14-,22?. The summed E-state index contributed by atoms with van der Waals surface area (Å²) >= 11 is 1.23. The predicted octanol–water partition coefficient (Wildman–Crippen LogP) is 2.96. The molecule has 0 radical (unpaired) electrons. The maximum absolute atomic E-state index is 12.8. The van der Waals surface area contributed by atoms with Gasteiger partial charge in [-0.3, -0.25) is 9.59 Å². The van der Waals surface area contributed by atoms with Crippen molar-refractivity contribution in [2.24, 2.45) is 11.1 Å². The summed E-state index contributed by atoms with van der Waals surface area (Å²) < 4.78 is 37.0. The number of alkyl halides is 2. The van der Waals surface area contributed by atoms with Gasteiger partial charge >= 0.3 is 0 Å². The van der Waals surface area contributed by atoms with Gasteiger partial charge in [-0.1, -0.05) is 0 Å². The zero-order chi connectivity index (χ0) is 24.0. The summed E-state index contributed by atoms with van der Waals surface area (Å²) in [6.45, 7) is 1.10. The average molecular weight is 492 g/mol. The van der Waals surface area contributed by atoms with Crippen LogP contribution in [0, 0.1) is 12.3 Å². The van der Waals surface area contributed by atoms with Crippen molar-refractivity contribution in [2.75, 3.05) is 6.61 Å². The average Bonchev–Trinajstić information content (AvgIpc) is 3.31. The van der Waals surface area contributed by atoms with Crippen molar-refractivity contribution in [3.05, 3.63) is 40.0 Å². The first-order chi connectivity index (χ1) is 16.2. The number of hydrogen-bond acceptors (Lipinski definition) is 7. The molecule has 2 fully saturated rings. The molecular weight excluding hydrogens is 468 g/mol. The minimum absolute atomic E-state index is 0.0163. The number of pyridine rings is 1. The van der Waals surface area contributed by atoms with E-state index in [-0.39, 0.29) is 29.2 Å². The molecule has 3 N–H and O–H groups in total. The number of fused-ring (bicyclic) bond motifs is 1. The second kappa shape index (κ2) is 8.49. The van der Waals surface area contributed by atoms with Crippen LogP contribution < -0.4 is 20.5 Å². The Morgan fingerprint density at radius 3 is 2.79 bits per heavy atom. The maximum atomic E-state index is 12.8. The van der Waals surface area contributed by atoms with Crippen LogP contribution in [0.5, 0.6) is 11.6 Å². The third-order valence-electron chi connectivity index (χ3n) is 6.33. The molecule has 5 rings (SSSR count). The number of thiazole rings is 1. The van der Waals surface area contributed by atoms with E-state index >= 15 is 0 Å². The summed E-state index contributed by atoms with van der Waals surface area (Å²) in [5.41, 5.74) is 6.51. The molecule has 0 saturated heterocycles. The summed E-state index contributed by atoms with van der Waals surface area (Å²) in [5.74, 6) is -0.200. The number of halogens is 2. The molecule has 0 bridgehead atoms. The van der Waals surface area contributed by atoms with E-state index in [1.165, 1.54) is 34.3 Å². The number of amides is 2. The molecule has 180 valence electrons. The Kier molecular flexibility index (Phi) is 5.62.